The van der Waals surface area contributed by atoms with E-state index in [9.17, 15) is 9.59 Å². The van der Waals surface area contributed by atoms with Gasteiger partial charge in [0.25, 0.3) is 0 Å². The normalized spacial score (nSPS) is 22.1. The maximum Gasteiger partial charge on any atom is 0.324 e. The van der Waals surface area contributed by atoms with Crippen LogP contribution < -0.4 is 5.32 Å². The van der Waals surface area contributed by atoms with E-state index in [1.807, 2.05) is 29.2 Å². The Morgan fingerprint density at radius 3 is 1.96 bits per heavy atom. The van der Waals surface area contributed by atoms with Gasteiger partial charge < -0.3 is 9.47 Å². The van der Waals surface area contributed by atoms with E-state index in [0.29, 0.717) is 10.0 Å². The number of nitrogens with one attached hydrogen (secondary N) is 1. The third-order valence-corrected chi connectivity index (χ3v) is 5.24. The quantitative estimate of drug-likeness (QED) is 0.745. The topological polar surface area (TPSA) is 67.9 Å². The van der Waals surface area contributed by atoms with E-state index in [1.165, 1.54) is 14.2 Å². The smallest absolute Gasteiger partial charge is 0.324 e. The summed E-state index contributed by atoms with van der Waals surface area (Å²) in [4.78, 5) is 26.5. The van der Waals surface area contributed by atoms with E-state index in [4.69, 9.17) is 32.7 Å². The summed E-state index contributed by atoms with van der Waals surface area (Å²) in [6, 6.07) is 13.2. The molecule has 1 heterocycles. The van der Waals surface area contributed by atoms with Gasteiger partial charge in [-0.05, 0) is 35.4 Å². The van der Waals surface area contributed by atoms with Gasteiger partial charge >= 0.3 is 11.9 Å². The highest BCUT2D eigenvalue weighted by molar-refractivity contribution is 6.30. The van der Waals surface area contributed by atoms with Gasteiger partial charge in [-0.15, -0.1) is 0 Å². The molecule has 2 aromatic carbocycles. The molecule has 0 saturated carbocycles. The van der Waals surface area contributed by atoms with Crippen LogP contribution in [0.4, 0.5) is 0 Å². The molecule has 0 aromatic heterocycles. The number of esters is 2. The Balaban J connectivity index is 2.06. The van der Waals surface area contributed by atoms with Gasteiger partial charge in [0.2, 0.25) is 0 Å². The van der Waals surface area contributed by atoms with Crippen molar-refractivity contribution in [3.8, 4) is 0 Å². The molecule has 0 unspecified atom stereocenters. The molecular weight excluding hydrogens is 403 g/mol. The number of carbonyl (C=O) groups is 2. The van der Waals surface area contributed by atoms with Crippen molar-refractivity contribution < 1.29 is 19.1 Å². The summed E-state index contributed by atoms with van der Waals surface area (Å²) in [5.74, 6) is -0.837. The zero-order valence-corrected chi connectivity index (χ0v) is 16.9. The van der Waals surface area contributed by atoms with Crippen molar-refractivity contribution in [2.45, 2.75) is 18.2 Å². The number of hydrogen-bond donors (Lipinski definition) is 1. The van der Waals surface area contributed by atoms with Crippen LogP contribution in [0.15, 0.2) is 48.5 Å². The molecule has 148 valence electrons. The first kappa shape index (κ1) is 20.6. The van der Waals surface area contributed by atoms with Gasteiger partial charge in [0.15, 0.2) is 0 Å². The maximum atomic E-state index is 12.5. The van der Waals surface area contributed by atoms with Gasteiger partial charge in [-0.2, -0.15) is 0 Å². The van der Waals surface area contributed by atoms with Crippen molar-refractivity contribution in [1.29, 1.82) is 0 Å². The van der Waals surface area contributed by atoms with Crippen LogP contribution in [0, 0.1) is 0 Å². The monoisotopic (exact) mass is 422 g/mol. The van der Waals surface area contributed by atoms with Gasteiger partial charge in [0.05, 0.1) is 33.0 Å². The summed E-state index contributed by atoms with van der Waals surface area (Å²) >= 11 is 12.0. The Hall–Kier alpha value is -2.12. The first-order valence-electron chi connectivity index (χ1n) is 8.62. The van der Waals surface area contributed by atoms with Crippen molar-refractivity contribution in [1.82, 2.24) is 10.2 Å². The largest absolute Gasteiger partial charge is 0.468 e. The van der Waals surface area contributed by atoms with Crippen LogP contribution in [-0.4, -0.2) is 43.6 Å². The van der Waals surface area contributed by atoms with Crippen LogP contribution in [0.3, 0.4) is 0 Å². The lowest BCUT2D eigenvalue weighted by atomic mass is 9.99. The highest BCUT2D eigenvalue weighted by Gasteiger charge is 2.47. The highest BCUT2D eigenvalue weighted by Crippen LogP contribution is 2.39. The second-order valence-electron chi connectivity index (χ2n) is 6.37. The van der Waals surface area contributed by atoms with Crippen molar-refractivity contribution in [3.05, 3.63) is 69.7 Å². The van der Waals surface area contributed by atoms with Gasteiger partial charge in [0.1, 0.15) is 6.04 Å². The van der Waals surface area contributed by atoms with Crippen molar-refractivity contribution in [3.63, 3.8) is 0 Å². The molecule has 1 aliphatic rings. The standard InChI is InChI=1S/C20H20Cl2N2O4/c1-27-16(25)11-24-18(12-3-7-14(21)8-4-12)17(20(26)28-2)23-19(24)13-5-9-15(22)10-6-13/h3-10,17-19,23H,11H2,1-2H3/t17-,18-,19+/m1/s1. The molecule has 0 spiro atoms. The summed E-state index contributed by atoms with van der Waals surface area (Å²) in [6.07, 6.45) is -0.416. The number of nitrogens with zero attached hydrogens (tertiary/aromatic N) is 1. The fourth-order valence-electron chi connectivity index (χ4n) is 3.41. The van der Waals surface area contributed by atoms with E-state index in [0.717, 1.165) is 11.1 Å². The highest BCUT2D eigenvalue weighted by atomic mass is 35.5. The number of methoxy groups -OCH3 is 2. The average Bonchev–Trinajstić information content (AvgIpc) is 3.07. The first-order chi connectivity index (χ1) is 13.4. The molecule has 6 nitrogen and oxygen atoms in total. The minimum absolute atomic E-state index is 0.0163. The SMILES string of the molecule is COC(=O)CN1[C@@H](c2ccc(Cl)cc2)N[C@@H](C(=O)OC)[C@H]1c1ccc(Cl)cc1. The summed E-state index contributed by atoms with van der Waals surface area (Å²) in [6.45, 7) is -0.0163. The number of benzene rings is 2. The number of rotatable bonds is 5. The zero-order chi connectivity index (χ0) is 20.3. The molecule has 1 fully saturated rings. The lowest BCUT2D eigenvalue weighted by molar-refractivity contribution is -0.145. The maximum absolute atomic E-state index is 12.5. The minimum Gasteiger partial charge on any atom is -0.468 e. The molecule has 0 radical (unpaired) electrons. The predicted octanol–water partition coefficient (Wildman–Crippen LogP) is 3.35. The molecule has 1 aliphatic heterocycles. The number of ether oxygens (including phenoxy) is 2. The van der Waals surface area contributed by atoms with Crippen molar-refractivity contribution in [2.75, 3.05) is 20.8 Å². The molecular formula is C20H20Cl2N2O4. The summed E-state index contributed by atoms with van der Waals surface area (Å²) in [7, 11) is 2.67. The van der Waals surface area contributed by atoms with Crippen LogP contribution in [0.25, 0.3) is 0 Å². The van der Waals surface area contributed by atoms with Crippen molar-refractivity contribution in [2.24, 2.45) is 0 Å². The zero-order valence-electron chi connectivity index (χ0n) is 15.4. The number of carbonyl (C=O) groups excluding carboxylic acids is 2. The van der Waals surface area contributed by atoms with E-state index < -0.39 is 30.2 Å². The molecule has 28 heavy (non-hydrogen) atoms. The van der Waals surface area contributed by atoms with Gasteiger partial charge in [0, 0.05) is 10.0 Å². The minimum atomic E-state index is -0.684. The summed E-state index contributed by atoms with van der Waals surface area (Å²) < 4.78 is 9.88. The predicted molar refractivity (Wildman–Crippen MR) is 106 cm³/mol. The summed E-state index contributed by atoms with van der Waals surface area (Å²) in [5.41, 5.74) is 1.69. The second kappa shape index (κ2) is 8.92. The fourth-order valence-corrected chi connectivity index (χ4v) is 3.66. The molecule has 2 aromatic rings. The van der Waals surface area contributed by atoms with E-state index in [-0.39, 0.29) is 6.54 Å². The second-order valence-corrected chi connectivity index (χ2v) is 7.24. The third-order valence-electron chi connectivity index (χ3n) is 4.73. The Bertz CT molecular complexity index is 842. The molecule has 0 aliphatic carbocycles. The summed E-state index contributed by atoms with van der Waals surface area (Å²) in [5, 5.41) is 4.47. The van der Waals surface area contributed by atoms with Crippen molar-refractivity contribution >= 4 is 35.1 Å². The third kappa shape index (κ3) is 4.31. The molecule has 3 rings (SSSR count). The van der Waals surface area contributed by atoms with Crippen LogP contribution >= 0.6 is 23.2 Å². The Kier molecular flexibility index (Phi) is 6.57. The van der Waals surface area contributed by atoms with Crippen LogP contribution in [-0.2, 0) is 19.1 Å². The van der Waals surface area contributed by atoms with Gasteiger partial charge in [-0.3, -0.25) is 19.8 Å². The molecule has 1 saturated heterocycles. The molecule has 3 atom stereocenters. The molecule has 0 bridgehead atoms. The average molecular weight is 423 g/mol. The van der Waals surface area contributed by atoms with Gasteiger partial charge in [-0.1, -0.05) is 47.5 Å². The first-order valence-corrected chi connectivity index (χ1v) is 9.37. The molecule has 8 heteroatoms. The van der Waals surface area contributed by atoms with E-state index >= 15 is 0 Å². The van der Waals surface area contributed by atoms with Gasteiger partial charge in [-0.25, -0.2) is 0 Å². The lowest BCUT2D eigenvalue weighted by Gasteiger charge is -2.29. The Morgan fingerprint density at radius 2 is 1.46 bits per heavy atom. The van der Waals surface area contributed by atoms with Crippen LogP contribution in [0.5, 0.6) is 0 Å². The van der Waals surface area contributed by atoms with Crippen LogP contribution in [0.2, 0.25) is 10.0 Å². The molecule has 1 N–H and O–H groups in total. The molecule has 0 amide bonds. The Morgan fingerprint density at radius 1 is 0.929 bits per heavy atom. The fraction of sp³-hybridized carbons (Fsp3) is 0.300. The number of halogens is 2. The van der Waals surface area contributed by atoms with E-state index in [1.54, 1.807) is 24.3 Å². The Labute approximate surface area is 173 Å². The van der Waals surface area contributed by atoms with E-state index in [2.05, 4.69) is 5.32 Å². The lowest BCUT2D eigenvalue weighted by Crippen LogP contribution is -2.37. The van der Waals surface area contributed by atoms with Crippen LogP contribution in [0.1, 0.15) is 23.3 Å². The number of hydrogen-bond acceptors (Lipinski definition) is 6.